The number of aromatic nitrogens is 2. The van der Waals surface area contributed by atoms with Gasteiger partial charge in [-0.2, -0.15) is 4.98 Å². The van der Waals surface area contributed by atoms with E-state index in [0.717, 1.165) is 48.7 Å². The molecular formula is C17H21N5O3. The number of anilines is 2. The summed E-state index contributed by atoms with van der Waals surface area (Å²) in [6.45, 7) is 4.54. The molecule has 0 radical (unpaired) electrons. The third kappa shape index (κ3) is 3.06. The number of fused-ring (bicyclic) bond motifs is 3. The third-order valence-electron chi connectivity index (χ3n) is 4.26. The number of benzene rings is 1. The van der Waals surface area contributed by atoms with Gasteiger partial charge < -0.3 is 29.8 Å². The highest BCUT2D eigenvalue weighted by atomic mass is 16.5. The molecule has 0 aliphatic carbocycles. The number of furan rings is 1. The zero-order chi connectivity index (χ0) is 17.2. The smallest absolute Gasteiger partial charge is 0.222 e. The first-order chi connectivity index (χ1) is 12.3. The van der Waals surface area contributed by atoms with Crippen molar-refractivity contribution in [1.82, 2.24) is 15.3 Å². The van der Waals surface area contributed by atoms with E-state index in [0.29, 0.717) is 24.3 Å². The molecule has 3 N–H and O–H groups in total. The van der Waals surface area contributed by atoms with E-state index in [1.165, 1.54) is 0 Å². The van der Waals surface area contributed by atoms with Gasteiger partial charge in [-0.15, -0.1) is 0 Å². The van der Waals surface area contributed by atoms with Crippen LogP contribution in [0, 0.1) is 0 Å². The lowest BCUT2D eigenvalue weighted by molar-refractivity contribution is 0.146. The second-order valence-corrected chi connectivity index (χ2v) is 5.92. The van der Waals surface area contributed by atoms with E-state index >= 15 is 0 Å². The van der Waals surface area contributed by atoms with Crippen LogP contribution in [0.25, 0.3) is 22.1 Å². The highest BCUT2D eigenvalue weighted by Gasteiger charge is 2.21. The molecule has 0 unspecified atom stereocenters. The first-order valence-corrected chi connectivity index (χ1v) is 8.33. The van der Waals surface area contributed by atoms with Crippen LogP contribution in [0.1, 0.15) is 0 Å². The van der Waals surface area contributed by atoms with Crippen molar-refractivity contribution in [3.63, 3.8) is 0 Å². The van der Waals surface area contributed by atoms with Crippen molar-refractivity contribution < 1.29 is 13.9 Å². The zero-order valence-electron chi connectivity index (χ0n) is 14.1. The lowest BCUT2D eigenvalue weighted by atomic mass is 10.2. The van der Waals surface area contributed by atoms with Crippen molar-refractivity contribution in [1.29, 1.82) is 0 Å². The summed E-state index contributed by atoms with van der Waals surface area (Å²) in [5.41, 5.74) is 8.09. The Bertz CT molecular complexity index is 889. The van der Waals surface area contributed by atoms with Gasteiger partial charge in [0.25, 0.3) is 0 Å². The highest BCUT2D eigenvalue weighted by molar-refractivity contribution is 6.06. The molecule has 1 aromatic carbocycles. The third-order valence-corrected chi connectivity index (χ3v) is 4.26. The molecule has 0 atom stereocenters. The first kappa shape index (κ1) is 15.9. The fraction of sp³-hybridized carbons (Fsp3) is 0.412. The van der Waals surface area contributed by atoms with Gasteiger partial charge in [0.2, 0.25) is 5.95 Å². The van der Waals surface area contributed by atoms with Crippen LogP contribution in [0.3, 0.4) is 0 Å². The quantitative estimate of drug-likeness (QED) is 0.671. The molecule has 4 rings (SSSR count). The molecule has 132 valence electrons. The minimum atomic E-state index is 0.245. The Hall–Kier alpha value is -2.58. The summed E-state index contributed by atoms with van der Waals surface area (Å²) in [6.07, 6.45) is 0. The molecule has 1 fully saturated rings. The maximum Gasteiger partial charge on any atom is 0.222 e. The maximum atomic E-state index is 6.05. The van der Waals surface area contributed by atoms with Gasteiger partial charge >= 0.3 is 0 Å². The standard InChI is InChI=1S/C17H21N5O3/c1-23-8-9-24-11-2-3-13-12(10-11)14-15(25-13)16(21-17(18)20-14)22-6-4-19-5-7-22/h2-3,10,19H,4-9H2,1H3,(H2,18,20,21). The summed E-state index contributed by atoms with van der Waals surface area (Å²) in [4.78, 5) is 11.0. The van der Waals surface area contributed by atoms with E-state index in [2.05, 4.69) is 20.2 Å². The second kappa shape index (κ2) is 6.73. The van der Waals surface area contributed by atoms with Gasteiger partial charge in [0.05, 0.1) is 12.0 Å². The van der Waals surface area contributed by atoms with Crippen molar-refractivity contribution in [3.05, 3.63) is 18.2 Å². The molecule has 0 saturated carbocycles. The zero-order valence-corrected chi connectivity index (χ0v) is 14.1. The monoisotopic (exact) mass is 343 g/mol. The van der Waals surface area contributed by atoms with Crippen molar-refractivity contribution in [2.75, 3.05) is 57.1 Å². The molecule has 2 aromatic heterocycles. The largest absolute Gasteiger partial charge is 0.491 e. The molecule has 25 heavy (non-hydrogen) atoms. The predicted molar refractivity (Wildman–Crippen MR) is 96.2 cm³/mol. The lowest BCUT2D eigenvalue weighted by Gasteiger charge is -2.28. The van der Waals surface area contributed by atoms with Gasteiger partial charge in [-0.1, -0.05) is 0 Å². The van der Waals surface area contributed by atoms with Crippen molar-refractivity contribution >= 4 is 33.8 Å². The number of nitrogen functional groups attached to an aromatic ring is 1. The van der Waals surface area contributed by atoms with Crippen LogP contribution in [-0.2, 0) is 4.74 Å². The molecule has 0 spiro atoms. The Labute approximate surface area is 144 Å². The van der Waals surface area contributed by atoms with E-state index in [1.807, 2.05) is 18.2 Å². The Kier molecular flexibility index (Phi) is 4.29. The van der Waals surface area contributed by atoms with Gasteiger partial charge in [0, 0.05) is 33.3 Å². The Balaban J connectivity index is 1.79. The lowest BCUT2D eigenvalue weighted by Crippen LogP contribution is -2.44. The molecular weight excluding hydrogens is 322 g/mol. The summed E-state index contributed by atoms with van der Waals surface area (Å²) >= 11 is 0. The number of rotatable bonds is 5. The normalized spacial score (nSPS) is 15.2. The molecule has 8 nitrogen and oxygen atoms in total. The number of piperazine rings is 1. The minimum Gasteiger partial charge on any atom is -0.491 e. The summed E-state index contributed by atoms with van der Waals surface area (Å²) < 4.78 is 16.8. The molecule has 0 bridgehead atoms. The molecule has 1 saturated heterocycles. The fourth-order valence-corrected chi connectivity index (χ4v) is 3.05. The van der Waals surface area contributed by atoms with E-state index in [9.17, 15) is 0 Å². The molecule has 0 amide bonds. The highest BCUT2D eigenvalue weighted by Crippen LogP contribution is 2.35. The van der Waals surface area contributed by atoms with Crippen LogP contribution >= 0.6 is 0 Å². The van der Waals surface area contributed by atoms with Gasteiger partial charge in [-0.05, 0) is 18.2 Å². The van der Waals surface area contributed by atoms with Crippen LogP contribution in [0.2, 0.25) is 0 Å². The molecule has 3 aromatic rings. The Morgan fingerprint density at radius 3 is 2.88 bits per heavy atom. The summed E-state index contributed by atoms with van der Waals surface area (Å²) in [5, 5.41) is 4.20. The van der Waals surface area contributed by atoms with Gasteiger partial charge in [-0.25, -0.2) is 4.98 Å². The first-order valence-electron chi connectivity index (χ1n) is 8.33. The summed E-state index contributed by atoms with van der Waals surface area (Å²) in [7, 11) is 1.65. The number of methoxy groups -OCH3 is 1. The average Bonchev–Trinajstić information content (AvgIpc) is 3.00. The number of nitrogens with two attached hydrogens (primary N) is 1. The Morgan fingerprint density at radius 1 is 1.24 bits per heavy atom. The number of hydrogen-bond acceptors (Lipinski definition) is 8. The number of nitrogens with one attached hydrogen (secondary N) is 1. The number of nitrogens with zero attached hydrogens (tertiary/aromatic N) is 3. The molecule has 3 heterocycles. The topological polar surface area (TPSA) is 98.7 Å². The number of ether oxygens (including phenoxy) is 2. The Morgan fingerprint density at radius 2 is 2.08 bits per heavy atom. The van der Waals surface area contributed by atoms with Crippen molar-refractivity contribution in [2.45, 2.75) is 0 Å². The van der Waals surface area contributed by atoms with Crippen LogP contribution in [-0.4, -0.2) is 56.5 Å². The van der Waals surface area contributed by atoms with E-state index in [4.69, 9.17) is 19.6 Å². The minimum absolute atomic E-state index is 0.245. The molecule has 1 aliphatic rings. The van der Waals surface area contributed by atoms with Crippen LogP contribution < -0.4 is 20.7 Å². The van der Waals surface area contributed by atoms with Crippen molar-refractivity contribution in [3.8, 4) is 5.75 Å². The van der Waals surface area contributed by atoms with Crippen molar-refractivity contribution in [2.24, 2.45) is 0 Å². The van der Waals surface area contributed by atoms with Crippen LogP contribution in [0.5, 0.6) is 5.75 Å². The van der Waals surface area contributed by atoms with Gasteiger partial charge in [0.1, 0.15) is 23.5 Å². The summed E-state index contributed by atoms with van der Waals surface area (Å²) in [6, 6.07) is 5.68. The molecule has 8 heteroatoms. The van der Waals surface area contributed by atoms with E-state index < -0.39 is 0 Å². The SMILES string of the molecule is COCCOc1ccc2oc3c(N4CCNCC4)nc(N)nc3c2c1. The fourth-order valence-electron chi connectivity index (χ4n) is 3.05. The van der Waals surface area contributed by atoms with Crippen LogP contribution in [0.4, 0.5) is 11.8 Å². The maximum absolute atomic E-state index is 6.05. The average molecular weight is 343 g/mol. The molecule has 1 aliphatic heterocycles. The van der Waals surface area contributed by atoms with E-state index in [-0.39, 0.29) is 5.95 Å². The van der Waals surface area contributed by atoms with Gasteiger partial charge in [0.15, 0.2) is 11.4 Å². The van der Waals surface area contributed by atoms with Crippen LogP contribution in [0.15, 0.2) is 22.6 Å². The van der Waals surface area contributed by atoms with E-state index in [1.54, 1.807) is 7.11 Å². The summed E-state index contributed by atoms with van der Waals surface area (Å²) in [5.74, 6) is 1.74. The second-order valence-electron chi connectivity index (χ2n) is 5.92. The predicted octanol–water partition coefficient (Wildman–Crippen LogP) is 1.39. The van der Waals surface area contributed by atoms with Gasteiger partial charge in [-0.3, -0.25) is 0 Å². The number of hydrogen-bond donors (Lipinski definition) is 2.